The summed E-state index contributed by atoms with van der Waals surface area (Å²) in [5.74, 6) is 0.683. The monoisotopic (exact) mass is 401 g/mol. The molecule has 1 aromatic heterocycles. The zero-order chi connectivity index (χ0) is 19.6. The number of rotatable bonds is 7. The van der Waals surface area contributed by atoms with Crippen LogP contribution in [0.25, 0.3) is 0 Å². The van der Waals surface area contributed by atoms with Gasteiger partial charge in [0.05, 0.1) is 18.3 Å². The Balaban J connectivity index is 2.15. The van der Waals surface area contributed by atoms with Crippen molar-refractivity contribution in [3.63, 3.8) is 0 Å². The van der Waals surface area contributed by atoms with Crippen molar-refractivity contribution in [1.29, 1.82) is 0 Å². The fourth-order valence-electron chi connectivity index (χ4n) is 2.88. The van der Waals surface area contributed by atoms with E-state index in [0.29, 0.717) is 30.7 Å². The molecule has 2 heterocycles. The Morgan fingerprint density at radius 1 is 1.38 bits per heavy atom. The lowest BCUT2D eigenvalue weighted by Gasteiger charge is -2.38. The highest BCUT2D eigenvalue weighted by Gasteiger charge is 2.42. The molecule has 0 radical (unpaired) electrons. The Kier molecular flexibility index (Phi) is 6.78. The number of methoxy groups -OCH3 is 1. The maximum Gasteiger partial charge on any atom is 0.192 e. The third kappa shape index (κ3) is 4.60. The summed E-state index contributed by atoms with van der Waals surface area (Å²) in [6, 6.07) is 1.83. The molecule has 2 atom stereocenters. The van der Waals surface area contributed by atoms with E-state index in [1.54, 1.807) is 13.3 Å². The molecule has 0 bridgehead atoms. The second kappa shape index (κ2) is 8.15. The van der Waals surface area contributed by atoms with E-state index in [1.165, 1.54) is 0 Å². The summed E-state index contributed by atoms with van der Waals surface area (Å²) in [7, 11) is -0.169. The standard InChI is InChI=1S/C19H32ClNO4Si/c1-14(25-26(6,7)18(2,3)4)12-24-15-8-10-21-17(20)16(15)19(22-5)9-11-23-13-19/h8,10,14H,9,11-13H2,1-7H3/t14-,19-/m0/s1. The fraction of sp³-hybridized carbons (Fsp3) is 0.737. The smallest absolute Gasteiger partial charge is 0.192 e. The average molecular weight is 402 g/mol. The van der Waals surface area contributed by atoms with Crippen molar-refractivity contribution < 1.29 is 18.6 Å². The molecule has 7 heteroatoms. The Hall–Kier alpha value is -0.663. The SMILES string of the molecule is CO[C@@]1(c2c(OC[C@H](C)O[Si](C)(C)C(C)(C)C)ccnc2Cl)CCOC1. The Morgan fingerprint density at radius 2 is 2.08 bits per heavy atom. The topological polar surface area (TPSA) is 49.8 Å². The van der Waals surface area contributed by atoms with Crippen LogP contribution < -0.4 is 4.74 Å². The van der Waals surface area contributed by atoms with Gasteiger partial charge in [-0.05, 0) is 31.1 Å². The molecule has 26 heavy (non-hydrogen) atoms. The minimum atomic E-state index is -1.84. The van der Waals surface area contributed by atoms with E-state index in [1.807, 2.05) is 13.0 Å². The van der Waals surface area contributed by atoms with E-state index in [9.17, 15) is 0 Å². The minimum Gasteiger partial charge on any atom is -0.490 e. The predicted octanol–water partition coefficient (Wildman–Crippen LogP) is 4.79. The number of ether oxygens (including phenoxy) is 3. The molecule has 5 nitrogen and oxygen atoms in total. The molecule has 0 unspecified atom stereocenters. The molecule has 148 valence electrons. The first kappa shape index (κ1) is 21.6. The first-order valence-corrected chi connectivity index (χ1v) is 12.4. The summed E-state index contributed by atoms with van der Waals surface area (Å²) in [6.07, 6.45) is 2.36. The van der Waals surface area contributed by atoms with Gasteiger partial charge in [0, 0.05) is 26.3 Å². The van der Waals surface area contributed by atoms with Gasteiger partial charge >= 0.3 is 0 Å². The molecular formula is C19H32ClNO4Si. The normalized spacial score (nSPS) is 22.5. The van der Waals surface area contributed by atoms with E-state index in [4.69, 9.17) is 30.2 Å². The quantitative estimate of drug-likeness (QED) is 0.485. The Labute approximate surface area is 163 Å². The Bertz CT molecular complexity index is 612. The summed E-state index contributed by atoms with van der Waals surface area (Å²) in [5, 5.41) is 0.557. The summed E-state index contributed by atoms with van der Waals surface area (Å²) in [4.78, 5) is 4.22. The highest BCUT2D eigenvalue weighted by Crippen LogP contribution is 2.42. The molecule has 0 spiro atoms. The summed E-state index contributed by atoms with van der Waals surface area (Å²) in [5.41, 5.74) is 0.158. The van der Waals surface area contributed by atoms with E-state index >= 15 is 0 Å². The van der Waals surface area contributed by atoms with Gasteiger partial charge < -0.3 is 18.6 Å². The first-order valence-electron chi connectivity index (χ1n) is 9.11. The van der Waals surface area contributed by atoms with Crippen molar-refractivity contribution in [3.8, 4) is 5.75 Å². The number of nitrogens with zero attached hydrogens (tertiary/aromatic N) is 1. The van der Waals surface area contributed by atoms with Crippen LogP contribution >= 0.6 is 11.6 Å². The molecule has 0 amide bonds. The van der Waals surface area contributed by atoms with E-state index < -0.39 is 13.9 Å². The first-order chi connectivity index (χ1) is 12.0. The molecule has 1 aliphatic heterocycles. The van der Waals surface area contributed by atoms with Gasteiger partial charge in [0.1, 0.15) is 23.1 Å². The molecule has 0 saturated carbocycles. The highest BCUT2D eigenvalue weighted by atomic mass is 35.5. The summed E-state index contributed by atoms with van der Waals surface area (Å²) < 4.78 is 23.8. The zero-order valence-electron chi connectivity index (χ0n) is 17.0. The molecule has 0 aliphatic carbocycles. The van der Waals surface area contributed by atoms with Gasteiger partial charge in [0.15, 0.2) is 8.32 Å². The van der Waals surface area contributed by atoms with Crippen LogP contribution in [0.4, 0.5) is 0 Å². The highest BCUT2D eigenvalue weighted by molar-refractivity contribution is 6.74. The van der Waals surface area contributed by atoms with Crippen LogP contribution in [0.3, 0.4) is 0 Å². The number of hydrogen-bond donors (Lipinski definition) is 0. The van der Waals surface area contributed by atoms with E-state index in [2.05, 4.69) is 38.8 Å². The van der Waals surface area contributed by atoms with Crippen molar-refractivity contribution in [1.82, 2.24) is 4.98 Å². The van der Waals surface area contributed by atoms with E-state index in [0.717, 1.165) is 12.0 Å². The molecule has 0 aromatic carbocycles. The van der Waals surface area contributed by atoms with Gasteiger partial charge in [0.25, 0.3) is 0 Å². The van der Waals surface area contributed by atoms with Crippen LogP contribution in [0.1, 0.15) is 39.7 Å². The van der Waals surface area contributed by atoms with Crippen molar-refractivity contribution in [2.24, 2.45) is 0 Å². The maximum atomic E-state index is 6.41. The summed E-state index contributed by atoms with van der Waals surface area (Å²) in [6.45, 7) is 14.8. The number of halogens is 1. The second-order valence-electron chi connectivity index (χ2n) is 8.48. The predicted molar refractivity (Wildman–Crippen MR) is 107 cm³/mol. The molecule has 1 aliphatic rings. The average Bonchev–Trinajstić information content (AvgIpc) is 3.01. The van der Waals surface area contributed by atoms with Gasteiger partial charge in [-0.3, -0.25) is 0 Å². The van der Waals surface area contributed by atoms with Crippen molar-refractivity contribution in [2.75, 3.05) is 26.9 Å². The van der Waals surface area contributed by atoms with Gasteiger partial charge in [-0.15, -0.1) is 0 Å². The lowest BCUT2D eigenvalue weighted by Crippen LogP contribution is -2.44. The summed E-state index contributed by atoms with van der Waals surface area (Å²) >= 11 is 6.41. The van der Waals surface area contributed by atoms with Crippen LogP contribution in [0.2, 0.25) is 23.3 Å². The second-order valence-corrected chi connectivity index (χ2v) is 13.6. The number of aromatic nitrogens is 1. The molecule has 2 rings (SSSR count). The third-order valence-corrected chi connectivity index (χ3v) is 10.4. The van der Waals surface area contributed by atoms with Crippen molar-refractivity contribution >= 4 is 19.9 Å². The van der Waals surface area contributed by atoms with Crippen LogP contribution in [-0.2, 0) is 19.5 Å². The van der Waals surface area contributed by atoms with Crippen molar-refractivity contribution in [2.45, 2.75) is 64.0 Å². The van der Waals surface area contributed by atoms with Crippen LogP contribution in [-0.4, -0.2) is 46.3 Å². The van der Waals surface area contributed by atoms with Crippen LogP contribution in [0.15, 0.2) is 12.3 Å². The van der Waals surface area contributed by atoms with E-state index in [-0.39, 0.29) is 11.1 Å². The molecule has 1 saturated heterocycles. The molecule has 1 aromatic rings. The van der Waals surface area contributed by atoms with Crippen molar-refractivity contribution in [3.05, 3.63) is 23.0 Å². The molecular weight excluding hydrogens is 370 g/mol. The number of hydrogen-bond acceptors (Lipinski definition) is 5. The number of pyridine rings is 1. The minimum absolute atomic E-state index is 0.0194. The van der Waals surface area contributed by atoms with Gasteiger partial charge in [-0.25, -0.2) is 4.98 Å². The zero-order valence-corrected chi connectivity index (χ0v) is 18.8. The Morgan fingerprint density at radius 3 is 2.62 bits per heavy atom. The van der Waals surface area contributed by atoms with Crippen LogP contribution in [0, 0.1) is 0 Å². The molecule has 0 N–H and O–H groups in total. The fourth-order valence-corrected chi connectivity index (χ4v) is 4.63. The third-order valence-electron chi connectivity index (χ3n) is 5.47. The van der Waals surface area contributed by atoms with Crippen LogP contribution in [0.5, 0.6) is 5.75 Å². The van der Waals surface area contributed by atoms with Gasteiger partial charge in [-0.1, -0.05) is 32.4 Å². The lowest BCUT2D eigenvalue weighted by molar-refractivity contribution is -0.0238. The van der Waals surface area contributed by atoms with Gasteiger partial charge in [-0.2, -0.15) is 0 Å². The maximum absolute atomic E-state index is 6.41. The van der Waals surface area contributed by atoms with Gasteiger partial charge in [0.2, 0.25) is 0 Å². The molecule has 1 fully saturated rings. The lowest BCUT2D eigenvalue weighted by atomic mass is 9.93. The largest absolute Gasteiger partial charge is 0.490 e.